The summed E-state index contributed by atoms with van der Waals surface area (Å²) in [6, 6.07) is 10.4. The van der Waals surface area contributed by atoms with Crippen LogP contribution in [0.2, 0.25) is 0 Å². The van der Waals surface area contributed by atoms with E-state index < -0.39 is 28.4 Å². The van der Waals surface area contributed by atoms with Gasteiger partial charge in [-0.1, -0.05) is 19.9 Å². The zero-order valence-corrected chi connectivity index (χ0v) is 20.1. The molecule has 8 nitrogen and oxygen atoms in total. The Morgan fingerprint density at radius 3 is 2.24 bits per heavy atom. The van der Waals surface area contributed by atoms with Crippen LogP contribution < -0.4 is 9.47 Å². The average molecular weight is 476 g/mol. The van der Waals surface area contributed by atoms with Crippen LogP contribution in [0.25, 0.3) is 0 Å². The summed E-state index contributed by atoms with van der Waals surface area (Å²) in [5.41, 5.74) is 0.361. The Balaban J connectivity index is 1.70. The Morgan fingerprint density at radius 2 is 1.61 bits per heavy atom. The maximum atomic E-state index is 13.1. The molecule has 2 unspecified atom stereocenters. The number of ether oxygens (including phenoxy) is 3. The van der Waals surface area contributed by atoms with E-state index in [1.807, 2.05) is 13.8 Å². The molecule has 0 aromatic heterocycles. The molecule has 1 aliphatic rings. The van der Waals surface area contributed by atoms with Crippen molar-refractivity contribution in [3.63, 3.8) is 0 Å². The third-order valence-corrected chi connectivity index (χ3v) is 7.41. The van der Waals surface area contributed by atoms with Gasteiger partial charge in [0.2, 0.25) is 10.0 Å². The van der Waals surface area contributed by atoms with Gasteiger partial charge >= 0.3 is 5.97 Å². The first-order valence-electron chi connectivity index (χ1n) is 10.7. The van der Waals surface area contributed by atoms with Crippen LogP contribution >= 0.6 is 0 Å². The number of hydrogen-bond donors (Lipinski definition) is 0. The van der Waals surface area contributed by atoms with Crippen molar-refractivity contribution < 1.29 is 32.2 Å². The molecule has 0 N–H and O–H groups in total. The number of nitrogens with zero attached hydrogens (tertiary/aromatic N) is 1. The van der Waals surface area contributed by atoms with Crippen molar-refractivity contribution in [3.05, 3.63) is 53.6 Å². The molecule has 1 fully saturated rings. The second kappa shape index (κ2) is 10.4. The standard InChI is InChI=1S/C24H29NO7S/c1-16-10-17(2)14-25(13-16)33(28,29)20-7-5-6-19(11-20)24(27)32-15-21(26)18-8-9-22(30-3)23(12-18)31-4/h5-9,11-12,16-17H,10,13-15H2,1-4H3. The van der Waals surface area contributed by atoms with Crippen LogP contribution in [0.5, 0.6) is 11.5 Å². The molecule has 0 radical (unpaired) electrons. The summed E-state index contributed by atoms with van der Waals surface area (Å²) in [6.07, 6.45) is 0.979. The lowest BCUT2D eigenvalue weighted by atomic mass is 9.94. The minimum absolute atomic E-state index is 0.0319. The molecule has 3 rings (SSSR count). The van der Waals surface area contributed by atoms with Crippen LogP contribution in [0.15, 0.2) is 47.4 Å². The zero-order valence-electron chi connectivity index (χ0n) is 19.2. The maximum Gasteiger partial charge on any atom is 0.338 e. The number of rotatable bonds is 8. The smallest absolute Gasteiger partial charge is 0.338 e. The average Bonchev–Trinajstić information content (AvgIpc) is 2.81. The van der Waals surface area contributed by atoms with Crippen LogP contribution in [0.4, 0.5) is 0 Å². The molecule has 1 heterocycles. The number of carbonyl (C=O) groups excluding carboxylic acids is 2. The molecule has 9 heteroatoms. The SMILES string of the molecule is COc1ccc(C(=O)COC(=O)c2cccc(S(=O)(=O)N3CC(C)CC(C)C3)c2)cc1OC. The number of Topliss-reactive ketones (excluding diaryl/α,β-unsaturated/α-hetero) is 1. The molecule has 2 aromatic rings. The second-order valence-corrected chi connectivity index (χ2v) is 10.3. The molecule has 0 aliphatic carbocycles. The fourth-order valence-electron chi connectivity index (χ4n) is 4.04. The number of esters is 1. The van der Waals surface area contributed by atoms with Crippen LogP contribution in [0, 0.1) is 11.8 Å². The van der Waals surface area contributed by atoms with E-state index in [0.717, 1.165) is 6.42 Å². The van der Waals surface area contributed by atoms with Crippen LogP contribution in [0.1, 0.15) is 41.0 Å². The molecule has 0 bridgehead atoms. The summed E-state index contributed by atoms with van der Waals surface area (Å²) < 4.78 is 43.2. The van der Waals surface area contributed by atoms with E-state index in [2.05, 4.69) is 0 Å². The predicted molar refractivity (Wildman–Crippen MR) is 122 cm³/mol. The number of carbonyl (C=O) groups is 2. The highest BCUT2D eigenvalue weighted by molar-refractivity contribution is 7.89. The minimum Gasteiger partial charge on any atom is -0.493 e. The van der Waals surface area contributed by atoms with Gasteiger partial charge in [0, 0.05) is 18.7 Å². The van der Waals surface area contributed by atoms with Crippen molar-refractivity contribution in [2.75, 3.05) is 33.9 Å². The lowest BCUT2D eigenvalue weighted by Gasteiger charge is -2.34. The Bertz CT molecular complexity index is 1120. The monoisotopic (exact) mass is 475 g/mol. The summed E-state index contributed by atoms with van der Waals surface area (Å²) in [4.78, 5) is 25.0. The number of sulfonamides is 1. The van der Waals surface area contributed by atoms with Gasteiger partial charge in [-0.05, 0) is 54.7 Å². The van der Waals surface area contributed by atoms with Gasteiger partial charge in [-0.2, -0.15) is 4.31 Å². The van der Waals surface area contributed by atoms with Crippen molar-refractivity contribution in [1.29, 1.82) is 0 Å². The molecule has 0 saturated carbocycles. The van der Waals surface area contributed by atoms with Crippen LogP contribution in [-0.2, 0) is 14.8 Å². The first kappa shape index (κ1) is 24.7. The number of methoxy groups -OCH3 is 2. The quantitative estimate of drug-likeness (QED) is 0.426. The third-order valence-electron chi connectivity index (χ3n) is 5.58. The molecule has 2 aromatic carbocycles. The summed E-state index contributed by atoms with van der Waals surface area (Å²) in [5, 5.41) is 0. The van der Waals surface area contributed by atoms with E-state index >= 15 is 0 Å². The van der Waals surface area contributed by atoms with Gasteiger partial charge in [-0.3, -0.25) is 4.79 Å². The highest BCUT2D eigenvalue weighted by atomic mass is 32.2. The molecular formula is C24H29NO7S. The van der Waals surface area contributed by atoms with Gasteiger partial charge in [-0.25, -0.2) is 13.2 Å². The zero-order chi connectivity index (χ0) is 24.2. The third kappa shape index (κ3) is 5.72. The van der Waals surface area contributed by atoms with Crippen molar-refractivity contribution >= 4 is 21.8 Å². The number of hydrogen-bond acceptors (Lipinski definition) is 7. The van der Waals surface area contributed by atoms with E-state index in [1.54, 1.807) is 12.1 Å². The Morgan fingerprint density at radius 1 is 0.939 bits per heavy atom. The normalized spacial score (nSPS) is 19.0. The second-order valence-electron chi connectivity index (χ2n) is 8.36. The number of ketones is 1. The summed E-state index contributed by atoms with van der Waals surface area (Å²) in [7, 11) is -0.795. The van der Waals surface area contributed by atoms with Gasteiger partial charge in [0.05, 0.1) is 24.7 Å². The number of piperidine rings is 1. The molecule has 0 amide bonds. The van der Waals surface area contributed by atoms with E-state index in [0.29, 0.717) is 30.2 Å². The van der Waals surface area contributed by atoms with Crippen molar-refractivity contribution in [1.82, 2.24) is 4.31 Å². The fraction of sp³-hybridized carbons (Fsp3) is 0.417. The van der Waals surface area contributed by atoms with Crippen LogP contribution in [0.3, 0.4) is 0 Å². The molecule has 33 heavy (non-hydrogen) atoms. The van der Waals surface area contributed by atoms with Gasteiger partial charge in [-0.15, -0.1) is 0 Å². The highest BCUT2D eigenvalue weighted by Gasteiger charge is 2.32. The lowest BCUT2D eigenvalue weighted by Crippen LogP contribution is -2.42. The van der Waals surface area contributed by atoms with Gasteiger partial charge in [0.25, 0.3) is 0 Å². The van der Waals surface area contributed by atoms with Gasteiger partial charge < -0.3 is 14.2 Å². The molecular weight excluding hydrogens is 446 g/mol. The van der Waals surface area contributed by atoms with Crippen molar-refractivity contribution in [3.8, 4) is 11.5 Å². The summed E-state index contributed by atoms with van der Waals surface area (Å²) >= 11 is 0. The predicted octanol–water partition coefficient (Wildman–Crippen LogP) is 3.41. The van der Waals surface area contributed by atoms with Gasteiger partial charge in [0.1, 0.15) is 0 Å². The Hall–Kier alpha value is -2.91. The summed E-state index contributed by atoms with van der Waals surface area (Å²) in [5.74, 6) is 0.180. The molecule has 1 aliphatic heterocycles. The molecule has 1 saturated heterocycles. The van der Waals surface area contributed by atoms with Crippen molar-refractivity contribution in [2.24, 2.45) is 11.8 Å². The van der Waals surface area contributed by atoms with E-state index in [1.165, 1.54) is 48.9 Å². The first-order chi connectivity index (χ1) is 15.6. The van der Waals surface area contributed by atoms with Gasteiger partial charge in [0.15, 0.2) is 23.9 Å². The molecule has 2 atom stereocenters. The molecule has 178 valence electrons. The molecule has 0 spiro atoms. The Kier molecular flexibility index (Phi) is 7.76. The van der Waals surface area contributed by atoms with E-state index in [4.69, 9.17) is 14.2 Å². The van der Waals surface area contributed by atoms with E-state index in [9.17, 15) is 18.0 Å². The maximum absolute atomic E-state index is 13.1. The highest BCUT2D eigenvalue weighted by Crippen LogP contribution is 2.28. The summed E-state index contributed by atoms with van der Waals surface area (Å²) in [6.45, 7) is 4.46. The fourth-order valence-corrected chi connectivity index (χ4v) is 5.77. The number of benzene rings is 2. The largest absolute Gasteiger partial charge is 0.493 e. The topological polar surface area (TPSA) is 99.2 Å². The van der Waals surface area contributed by atoms with E-state index in [-0.39, 0.29) is 22.3 Å². The van der Waals surface area contributed by atoms with Crippen molar-refractivity contribution in [2.45, 2.75) is 25.2 Å². The Labute approximate surface area is 194 Å². The minimum atomic E-state index is -3.74. The lowest BCUT2D eigenvalue weighted by molar-refractivity contribution is 0.0474. The van der Waals surface area contributed by atoms with Crippen LogP contribution in [-0.4, -0.2) is 58.4 Å². The first-order valence-corrected chi connectivity index (χ1v) is 12.1.